The topological polar surface area (TPSA) is 80.2 Å². The van der Waals surface area contributed by atoms with E-state index in [1.807, 2.05) is 24.3 Å². The third kappa shape index (κ3) is 6.50. The quantitative estimate of drug-likeness (QED) is 0.205. The fourth-order valence-corrected chi connectivity index (χ4v) is 3.78. The van der Waals surface area contributed by atoms with Gasteiger partial charge in [-0.3, -0.25) is 4.79 Å². The van der Waals surface area contributed by atoms with Gasteiger partial charge in [0.1, 0.15) is 23.9 Å². The third-order valence-corrected chi connectivity index (χ3v) is 5.68. The maximum absolute atomic E-state index is 12.5. The Kier molecular flexibility index (Phi) is 7.54. The molecule has 0 aliphatic rings. The number of carbonyl (C=O) groups is 1. The molecule has 0 aliphatic heterocycles. The lowest BCUT2D eigenvalue weighted by Crippen LogP contribution is -2.18. The van der Waals surface area contributed by atoms with Gasteiger partial charge in [-0.1, -0.05) is 48.0 Å². The Bertz CT molecular complexity index is 1470. The molecule has 1 amide bonds. The van der Waals surface area contributed by atoms with E-state index in [9.17, 15) is 23.1 Å². The van der Waals surface area contributed by atoms with Crippen LogP contribution in [-0.2, 0) is 6.61 Å². The molecule has 10 heteroatoms. The fraction of sp³-hybridized carbons (Fsp3) is 0.111. The van der Waals surface area contributed by atoms with E-state index in [2.05, 4.69) is 15.3 Å². The second kappa shape index (κ2) is 10.8. The molecule has 190 valence electrons. The second-order valence-corrected chi connectivity index (χ2v) is 8.40. The number of hydrazone groups is 1. The first-order valence-electron chi connectivity index (χ1n) is 10.9. The van der Waals surface area contributed by atoms with Crippen LogP contribution in [0.4, 0.5) is 13.2 Å². The lowest BCUT2D eigenvalue weighted by Gasteiger charge is -2.12. The second-order valence-electron chi connectivity index (χ2n) is 8.00. The Morgan fingerprint density at radius 3 is 2.46 bits per heavy atom. The number of alkyl halides is 3. The van der Waals surface area contributed by atoms with E-state index in [4.69, 9.17) is 16.3 Å². The van der Waals surface area contributed by atoms with Crippen molar-refractivity contribution in [3.63, 3.8) is 0 Å². The van der Waals surface area contributed by atoms with Gasteiger partial charge in [0.25, 0.3) is 5.91 Å². The number of fused-ring (bicyclic) bond motifs is 1. The molecule has 0 bridgehead atoms. The van der Waals surface area contributed by atoms with Crippen LogP contribution < -0.4 is 14.9 Å². The highest BCUT2D eigenvalue weighted by molar-refractivity contribution is 6.32. The standard InChI is InChI=1S/C27H20ClF3N2O4/c1-16-12-24(34)23(28)13-22(16)26(35)33-32-14-18-8-11-25(21-5-3-2-4-20(18)21)36-15-17-6-9-19(10-7-17)37-27(29,30)31/h2-14,34H,15H2,1H3,(H,33,35). The smallest absolute Gasteiger partial charge is 0.506 e. The van der Waals surface area contributed by atoms with E-state index in [1.54, 1.807) is 19.1 Å². The number of carbonyl (C=O) groups excluding carboxylic acids is 1. The number of halogens is 4. The summed E-state index contributed by atoms with van der Waals surface area (Å²) in [6.07, 6.45) is -3.25. The number of aromatic hydroxyl groups is 1. The first-order chi connectivity index (χ1) is 17.6. The van der Waals surface area contributed by atoms with Crippen LogP contribution in [0.15, 0.2) is 77.9 Å². The van der Waals surface area contributed by atoms with Crippen molar-refractivity contribution in [2.45, 2.75) is 19.9 Å². The summed E-state index contributed by atoms with van der Waals surface area (Å²) in [6, 6.07) is 19.2. The van der Waals surface area contributed by atoms with Gasteiger partial charge in [-0.25, -0.2) is 5.43 Å². The van der Waals surface area contributed by atoms with Gasteiger partial charge >= 0.3 is 6.36 Å². The summed E-state index contributed by atoms with van der Waals surface area (Å²) in [5.74, 6) is -0.324. The molecule has 6 nitrogen and oxygen atoms in total. The highest BCUT2D eigenvalue weighted by Crippen LogP contribution is 2.30. The number of aryl methyl sites for hydroxylation is 1. The molecule has 2 N–H and O–H groups in total. The van der Waals surface area contributed by atoms with Gasteiger partial charge in [-0.15, -0.1) is 13.2 Å². The van der Waals surface area contributed by atoms with Crippen LogP contribution >= 0.6 is 11.6 Å². The molecule has 37 heavy (non-hydrogen) atoms. The summed E-state index contributed by atoms with van der Waals surface area (Å²) in [4.78, 5) is 12.5. The molecule has 0 aliphatic carbocycles. The number of nitrogens with zero attached hydrogens (tertiary/aromatic N) is 1. The molecule has 0 saturated heterocycles. The van der Waals surface area contributed by atoms with Crippen LogP contribution in [0, 0.1) is 6.92 Å². The first kappa shape index (κ1) is 25.8. The average molecular weight is 529 g/mol. The number of benzene rings is 4. The van der Waals surface area contributed by atoms with Crippen molar-refractivity contribution in [2.75, 3.05) is 0 Å². The number of rotatable bonds is 7. The van der Waals surface area contributed by atoms with Gasteiger partial charge in [0.15, 0.2) is 0 Å². The van der Waals surface area contributed by atoms with E-state index in [0.717, 1.165) is 16.3 Å². The number of hydrogen-bond donors (Lipinski definition) is 2. The number of hydrogen-bond acceptors (Lipinski definition) is 5. The van der Waals surface area contributed by atoms with Gasteiger partial charge in [-0.2, -0.15) is 5.10 Å². The van der Waals surface area contributed by atoms with Crippen LogP contribution in [0.25, 0.3) is 10.8 Å². The number of nitrogens with one attached hydrogen (secondary N) is 1. The lowest BCUT2D eigenvalue weighted by molar-refractivity contribution is -0.274. The molecule has 4 aromatic carbocycles. The van der Waals surface area contributed by atoms with E-state index < -0.39 is 12.3 Å². The molecule has 4 rings (SSSR count). The molecule has 0 radical (unpaired) electrons. The largest absolute Gasteiger partial charge is 0.573 e. The lowest BCUT2D eigenvalue weighted by atomic mass is 10.0. The predicted octanol–water partition coefficient (Wildman–Crippen LogP) is 6.75. The summed E-state index contributed by atoms with van der Waals surface area (Å²) in [6.45, 7) is 1.81. The van der Waals surface area contributed by atoms with E-state index in [0.29, 0.717) is 16.9 Å². The molecule has 0 heterocycles. The Morgan fingerprint density at radius 1 is 1.05 bits per heavy atom. The van der Waals surface area contributed by atoms with Gasteiger partial charge < -0.3 is 14.6 Å². The number of ether oxygens (including phenoxy) is 2. The Morgan fingerprint density at radius 2 is 1.76 bits per heavy atom. The van der Waals surface area contributed by atoms with Crippen molar-refractivity contribution in [2.24, 2.45) is 5.10 Å². The predicted molar refractivity (Wildman–Crippen MR) is 134 cm³/mol. The van der Waals surface area contributed by atoms with E-state index in [-0.39, 0.29) is 28.7 Å². The van der Waals surface area contributed by atoms with Gasteiger partial charge in [0.2, 0.25) is 0 Å². The van der Waals surface area contributed by atoms with Crippen LogP contribution in [0.1, 0.15) is 27.0 Å². The highest BCUT2D eigenvalue weighted by atomic mass is 35.5. The minimum Gasteiger partial charge on any atom is -0.506 e. The molecular weight excluding hydrogens is 509 g/mol. The van der Waals surface area contributed by atoms with Crippen LogP contribution in [0.2, 0.25) is 5.02 Å². The molecule has 0 spiro atoms. The maximum atomic E-state index is 12.5. The van der Waals surface area contributed by atoms with Gasteiger partial charge in [0, 0.05) is 16.5 Å². The number of phenols is 1. The van der Waals surface area contributed by atoms with Crippen LogP contribution in [0.5, 0.6) is 17.2 Å². The first-order valence-corrected chi connectivity index (χ1v) is 11.3. The Balaban J connectivity index is 1.47. The molecular formula is C27H20ClF3N2O4. The zero-order valence-corrected chi connectivity index (χ0v) is 20.1. The molecule has 4 aromatic rings. The summed E-state index contributed by atoms with van der Waals surface area (Å²) in [5, 5.41) is 15.4. The van der Waals surface area contributed by atoms with Crippen molar-refractivity contribution in [1.82, 2.24) is 5.43 Å². The molecule has 0 aromatic heterocycles. The summed E-state index contributed by atoms with van der Waals surface area (Å²) in [7, 11) is 0. The normalized spacial score (nSPS) is 11.6. The molecule has 0 unspecified atom stereocenters. The maximum Gasteiger partial charge on any atom is 0.573 e. The molecule has 0 saturated carbocycles. The van der Waals surface area contributed by atoms with Crippen LogP contribution in [0.3, 0.4) is 0 Å². The fourth-order valence-electron chi connectivity index (χ4n) is 3.61. The summed E-state index contributed by atoms with van der Waals surface area (Å²) in [5.41, 5.74) is 4.67. The van der Waals surface area contributed by atoms with Crippen molar-refractivity contribution in [3.05, 3.63) is 100 Å². The van der Waals surface area contributed by atoms with Crippen molar-refractivity contribution < 1.29 is 32.5 Å². The van der Waals surface area contributed by atoms with Crippen LogP contribution in [-0.4, -0.2) is 23.6 Å². The van der Waals surface area contributed by atoms with Gasteiger partial charge in [-0.05, 0) is 59.8 Å². The van der Waals surface area contributed by atoms with Crippen molar-refractivity contribution in [1.29, 1.82) is 0 Å². The van der Waals surface area contributed by atoms with Crippen molar-refractivity contribution >= 4 is 34.5 Å². The van der Waals surface area contributed by atoms with E-state index >= 15 is 0 Å². The molecule has 0 atom stereocenters. The minimum atomic E-state index is -4.75. The van der Waals surface area contributed by atoms with Gasteiger partial charge in [0.05, 0.1) is 11.2 Å². The average Bonchev–Trinajstić information content (AvgIpc) is 2.85. The zero-order valence-electron chi connectivity index (χ0n) is 19.3. The highest BCUT2D eigenvalue weighted by Gasteiger charge is 2.30. The zero-order chi connectivity index (χ0) is 26.6. The Labute approximate surface area is 214 Å². The van der Waals surface area contributed by atoms with Crippen molar-refractivity contribution in [3.8, 4) is 17.2 Å². The summed E-state index contributed by atoms with van der Waals surface area (Å²) >= 11 is 5.91. The van der Waals surface area contributed by atoms with E-state index in [1.165, 1.54) is 42.6 Å². The number of amides is 1. The summed E-state index contributed by atoms with van der Waals surface area (Å²) < 4.78 is 46.8. The minimum absolute atomic E-state index is 0.0619. The Hall–Kier alpha value is -4.24. The molecule has 0 fully saturated rings. The number of phenolic OH excluding ortho intramolecular Hbond substituents is 1. The SMILES string of the molecule is Cc1cc(O)c(Cl)cc1C(=O)NN=Cc1ccc(OCc2ccc(OC(F)(F)F)cc2)c2ccccc12. The third-order valence-electron chi connectivity index (χ3n) is 5.38. The monoisotopic (exact) mass is 528 g/mol.